The highest BCUT2D eigenvalue weighted by atomic mass is 14.9. The van der Waals surface area contributed by atoms with Crippen LogP contribution in [-0.2, 0) is 0 Å². The molecular weight excluding hydrogens is 242 g/mol. The van der Waals surface area contributed by atoms with Crippen LogP contribution >= 0.6 is 0 Å². The molecule has 0 radical (unpaired) electrons. The van der Waals surface area contributed by atoms with Gasteiger partial charge in [-0.25, -0.2) is 0 Å². The van der Waals surface area contributed by atoms with Gasteiger partial charge < -0.3 is 5.32 Å². The van der Waals surface area contributed by atoms with E-state index in [4.69, 9.17) is 0 Å². The van der Waals surface area contributed by atoms with Gasteiger partial charge in [-0.1, -0.05) is 57.0 Å². The molecule has 112 valence electrons. The Morgan fingerprint density at radius 2 is 1.90 bits per heavy atom. The van der Waals surface area contributed by atoms with Crippen molar-refractivity contribution in [3.05, 3.63) is 35.9 Å². The zero-order chi connectivity index (χ0) is 14.4. The molecule has 0 aromatic heterocycles. The molecule has 1 aliphatic carbocycles. The van der Waals surface area contributed by atoms with E-state index in [1.807, 2.05) is 0 Å². The third-order valence-corrected chi connectivity index (χ3v) is 4.98. The summed E-state index contributed by atoms with van der Waals surface area (Å²) in [5.41, 5.74) is 1.55. The summed E-state index contributed by atoms with van der Waals surface area (Å²) in [6, 6.07) is 11.9. The normalized spacial score (nSPS) is 26.9. The van der Waals surface area contributed by atoms with Crippen LogP contribution in [0.2, 0.25) is 0 Å². The van der Waals surface area contributed by atoms with Crippen LogP contribution in [0.25, 0.3) is 0 Å². The number of hydrogen-bond acceptors (Lipinski definition) is 1. The average Bonchev–Trinajstić information content (AvgIpc) is 2.47. The molecule has 0 amide bonds. The third-order valence-electron chi connectivity index (χ3n) is 4.98. The minimum absolute atomic E-state index is 0.738. The zero-order valence-electron chi connectivity index (χ0n) is 13.4. The van der Waals surface area contributed by atoms with E-state index in [9.17, 15) is 0 Å². The molecule has 1 aromatic carbocycles. The van der Waals surface area contributed by atoms with Crippen LogP contribution in [0.15, 0.2) is 30.3 Å². The zero-order valence-corrected chi connectivity index (χ0v) is 13.4. The summed E-state index contributed by atoms with van der Waals surface area (Å²) in [7, 11) is 2.14. The molecule has 1 heteroatoms. The van der Waals surface area contributed by atoms with E-state index >= 15 is 0 Å². The molecule has 0 bridgehead atoms. The van der Waals surface area contributed by atoms with Crippen molar-refractivity contribution in [3.8, 4) is 0 Å². The highest BCUT2D eigenvalue weighted by molar-refractivity contribution is 5.20. The summed E-state index contributed by atoms with van der Waals surface area (Å²) >= 11 is 0. The molecule has 2 rings (SSSR count). The molecule has 0 heterocycles. The van der Waals surface area contributed by atoms with Crippen molar-refractivity contribution < 1.29 is 0 Å². The quantitative estimate of drug-likeness (QED) is 0.770. The lowest BCUT2D eigenvalue weighted by Crippen LogP contribution is -2.38. The second-order valence-electron chi connectivity index (χ2n) is 6.90. The standard InChI is InChI=1S/C19H31N/c1-15(2)8-7-11-18-14-17(12-13-19(18)20-3)16-9-5-4-6-10-16/h4-6,9-10,15,17-20H,7-8,11-14H2,1-3H3. The fraction of sp³-hybridized carbons (Fsp3) is 0.684. The van der Waals surface area contributed by atoms with Crippen molar-refractivity contribution in [2.24, 2.45) is 11.8 Å². The molecule has 3 atom stereocenters. The van der Waals surface area contributed by atoms with Crippen LogP contribution in [0, 0.1) is 11.8 Å². The van der Waals surface area contributed by atoms with E-state index < -0.39 is 0 Å². The largest absolute Gasteiger partial charge is 0.317 e. The molecule has 1 aliphatic rings. The molecule has 0 saturated heterocycles. The first-order valence-corrected chi connectivity index (χ1v) is 8.43. The van der Waals surface area contributed by atoms with Crippen molar-refractivity contribution in [1.29, 1.82) is 0 Å². The highest BCUT2D eigenvalue weighted by Gasteiger charge is 2.29. The van der Waals surface area contributed by atoms with E-state index in [1.54, 1.807) is 5.56 Å². The van der Waals surface area contributed by atoms with E-state index in [-0.39, 0.29) is 0 Å². The van der Waals surface area contributed by atoms with Gasteiger partial charge in [0.05, 0.1) is 0 Å². The van der Waals surface area contributed by atoms with Gasteiger partial charge in [-0.3, -0.25) is 0 Å². The molecule has 0 aliphatic heterocycles. The lowest BCUT2D eigenvalue weighted by Gasteiger charge is -2.36. The van der Waals surface area contributed by atoms with Crippen LogP contribution in [0.1, 0.15) is 63.9 Å². The van der Waals surface area contributed by atoms with E-state index in [0.717, 1.165) is 23.8 Å². The van der Waals surface area contributed by atoms with Gasteiger partial charge in [-0.2, -0.15) is 0 Å². The van der Waals surface area contributed by atoms with Gasteiger partial charge in [-0.15, -0.1) is 0 Å². The Kier molecular flexibility index (Phi) is 6.09. The molecule has 20 heavy (non-hydrogen) atoms. The molecule has 1 nitrogen and oxygen atoms in total. The van der Waals surface area contributed by atoms with Crippen LogP contribution in [0.4, 0.5) is 0 Å². The first-order valence-electron chi connectivity index (χ1n) is 8.43. The summed E-state index contributed by atoms with van der Waals surface area (Å²) < 4.78 is 0. The molecule has 1 aromatic rings. The topological polar surface area (TPSA) is 12.0 Å². The highest BCUT2D eigenvalue weighted by Crippen LogP contribution is 2.38. The first-order chi connectivity index (χ1) is 9.70. The van der Waals surface area contributed by atoms with Gasteiger partial charge >= 0.3 is 0 Å². The minimum Gasteiger partial charge on any atom is -0.317 e. The maximum Gasteiger partial charge on any atom is 0.00927 e. The fourth-order valence-corrected chi connectivity index (χ4v) is 3.78. The number of rotatable bonds is 6. The van der Waals surface area contributed by atoms with Crippen molar-refractivity contribution in [2.75, 3.05) is 7.05 Å². The Morgan fingerprint density at radius 1 is 1.15 bits per heavy atom. The number of hydrogen-bond donors (Lipinski definition) is 1. The van der Waals surface area contributed by atoms with Crippen molar-refractivity contribution in [3.63, 3.8) is 0 Å². The lowest BCUT2D eigenvalue weighted by molar-refractivity contribution is 0.230. The SMILES string of the molecule is CNC1CCC(c2ccccc2)CC1CCCC(C)C. The summed E-state index contributed by atoms with van der Waals surface area (Å²) in [5.74, 6) is 2.49. The van der Waals surface area contributed by atoms with Crippen LogP contribution in [0.5, 0.6) is 0 Å². The fourth-order valence-electron chi connectivity index (χ4n) is 3.78. The lowest BCUT2D eigenvalue weighted by atomic mass is 9.73. The second-order valence-corrected chi connectivity index (χ2v) is 6.90. The van der Waals surface area contributed by atoms with Gasteiger partial charge in [0.25, 0.3) is 0 Å². The second kappa shape index (κ2) is 7.83. The predicted octanol–water partition coefficient (Wildman–Crippen LogP) is 4.98. The molecule has 0 spiro atoms. The van der Waals surface area contributed by atoms with Crippen molar-refractivity contribution in [1.82, 2.24) is 5.32 Å². The van der Waals surface area contributed by atoms with Gasteiger partial charge in [0, 0.05) is 6.04 Å². The molecular formula is C19H31N. The van der Waals surface area contributed by atoms with Crippen molar-refractivity contribution >= 4 is 0 Å². The van der Waals surface area contributed by atoms with E-state index in [0.29, 0.717) is 0 Å². The predicted molar refractivity (Wildman–Crippen MR) is 88.1 cm³/mol. The Morgan fingerprint density at radius 3 is 2.55 bits per heavy atom. The van der Waals surface area contributed by atoms with E-state index in [2.05, 4.69) is 56.5 Å². The van der Waals surface area contributed by atoms with E-state index in [1.165, 1.54) is 38.5 Å². The third kappa shape index (κ3) is 4.34. The van der Waals surface area contributed by atoms with Gasteiger partial charge in [-0.05, 0) is 56.0 Å². The first kappa shape index (κ1) is 15.6. The van der Waals surface area contributed by atoms with Crippen LogP contribution in [-0.4, -0.2) is 13.1 Å². The molecule has 1 fully saturated rings. The maximum absolute atomic E-state index is 3.56. The smallest absolute Gasteiger partial charge is 0.00927 e. The van der Waals surface area contributed by atoms with Gasteiger partial charge in [0.2, 0.25) is 0 Å². The summed E-state index contributed by atoms with van der Waals surface area (Å²) in [5, 5.41) is 3.56. The Hall–Kier alpha value is -0.820. The Bertz CT molecular complexity index is 371. The number of benzene rings is 1. The number of nitrogens with one attached hydrogen (secondary N) is 1. The Labute approximate surface area is 125 Å². The van der Waals surface area contributed by atoms with Crippen LogP contribution < -0.4 is 5.32 Å². The monoisotopic (exact) mass is 273 g/mol. The summed E-state index contributed by atoms with van der Waals surface area (Å²) in [6.45, 7) is 4.67. The molecule has 1 N–H and O–H groups in total. The molecule has 3 unspecified atom stereocenters. The molecule has 1 saturated carbocycles. The van der Waals surface area contributed by atoms with Crippen LogP contribution in [0.3, 0.4) is 0 Å². The van der Waals surface area contributed by atoms with Gasteiger partial charge in [0.1, 0.15) is 0 Å². The minimum atomic E-state index is 0.738. The van der Waals surface area contributed by atoms with Crippen molar-refractivity contribution in [2.45, 2.75) is 64.3 Å². The maximum atomic E-state index is 3.56. The van der Waals surface area contributed by atoms with Gasteiger partial charge in [0.15, 0.2) is 0 Å². The average molecular weight is 273 g/mol. The summed E-state index contributed by atoms with van der Waals surface area (Å²) in [4.78, 5) is 0. The Balaban J connectivity index is 1.93. The summed E-state index contributed by atoms with van der Waals surface area (Å²) in [6.07, 6.45) is 8.21.